The third kappa shape index (κ3) is 4.91. The van der Waals surface area contributed by atoms with Crippen molar-refractivity contribution in [1.29, 1.82) is 0 Å². The topological polar surface area (TPSA) is 82.9 Å². The SMILES string of the molecule is CCc1nn(C2CCCC2)c2cc(N3CCN(C(=O)Cc4nc(C)n[nH]4)C(Cc4ccccc4)C3)ccc12. The van der Waals surface area contributed by atoms with E-state index in [1.54, 1.807) is 0 Å². The van der Waals surface area contributed by atoms with Gasteiger partial charge in [0.15, 0.2) is 0 Å². The molecule has 1 unspecified atom stereocenters. The van der Waals surface area contributed by atoms with E-state index in [1.807, 2.05) is 13.0 Å². The maximum Gasteiger partial charge on any atom is 0.230 e. The Kier molecular flexibility index (Phi) is 6.87. The van der Waals surface area contributed by atoms with Crippen molar-refractivity contribution in [3.63, 3.8) is 0 Å². The first-order valence-corrected chi connectivity index (χ1v) is 14.1. The van der Waals surface area contributed by atoms with Gasteiger partial charge in [0, 0.05) is 30.7 Å². The Bertz CT molecular complexity index is 1400. The second-order valence-corrected chi connectivity index (χ2v) is 10.8. The van der Waals surface area contributed by atoms with Crippen molar-refractivity contribution < 1.29 is 4.79 Å². The standard InChI is InChI=1S/C30H37N7O/c1-3-27-26-14-13-24(18-28(26)37(34-27)23-11-7-8-12-23)35-15-16-36(30(38)19-29-31-21(2)32-33-29)25(20-35)17-22-9-5-4-6-10-22/h4-6,9-10,13-14,18,23,25H,3,7-8,11-12,15-17,19-20H2,1-2H3,(H,31,32,33). The molecule has 4 aromatic rings. The number of amides is 1. The van der Waals surface area contributed by atoms with Gasteiger partial charge < -0.3 is 9.80 Å². The Balaban J connectivity index is 1.28. The average molecular weight is 512 g/mol. The molecule has 0 bridgehead atoms. The summed E-state index contributed by atoms with van der Waals surface area (Å²) in [7, 11) is 0. The first-order chi connectivity index (χ1) is 18.6. The highest BCUT2D eigenvalue weighted by atomic mass is 16.2. The van der Waals surface area contributed by atoms with Crippen LogP contribution >= 0.6 is 0 Å². The first-order valence-electron chi connectivity index (χ1n) is 14.1. The summed E-state index contributed by atoms with van der Waals surface area (Å²) in [4.78, 5) is 22.3. The Morgan fingerprint density at radius 3 is 2.63 bits per heavy atom. The number of aromatic nitrogens is 5. The second kappa shape index (κ2) is 10.6. The zero-order chi connectivity index (χ0) is 26.1. The van der Waals surface area contributed by atoms with Crippen LogP contribution in [0.2, 0.25) is 0 Å². The minimum atomic E-state index is 0.0734. The maximum absolute atomic E-state index is 13.4. The lowest BCUT2D eigenvalue weighted by atomic mass is 10.0. The Labute approximate surface area is 224 Å². The molecule has 198 valence electrons. The molecule has 0 radical (unpaired) electrons. The molecule has 1 aliphatic carbocycles. The van der Waals surface area contributed by atoms with Crippen molar-refractivity contribution >= 4 is 22.5 Å². The number of aromatic amines is 1. The molecule has 1 N–H and O–H groups in total. The number of hydrogen-bond acceptors (Lipinski definition) is 5. The molecule has 2 aromatic heterocycles. The van der Waals surface area contributed by atoms with Gasteiger partial charge in [0.2, 0.25) is 5.91 Å². The molecule has 6 rings (SSSR count). The van der Waals surface area contributed by atoms with Crippen LogP contribution in [0, 0.1) is 6.92 Å². The number of benzene rings is 2. The summed E-state index contributed by atoms with van der Waals surface area (Å²) in [5.41, 5.74) is 4.91. The lowest BCUT2D eigenvalue weighted by Gasteiger charge is -2.42. The van der Waals surface area contributed by atoms with Gasteiger partial charge in [-0.05, 0) is 56.4 Å². The fourth-order valence-corrected chi connectivity index (χ4v) is 6.27. The van der Waals surface area contributed by atoms with Crippen LogP contribution in [-0.2, 0) is 24.1 Å². The van der Waals surface area contributed by atoms with E-state index in [1.165, 1.54) is 53.5 Å². The van der Waals surface area contributed by atoms with Gasteiger partial charge in [-0.2, -0.15) is 10.2 Å². The fraction of sp³-hybridized carbons (Fsp3) is 0.467. The lowest BCUT2D eigenvalue weighted by Crippen LogP contribution is -2.56. The number of carbonyl (C=O) groups excluding carboxylic acids is 1. The van der Waals surface area contributed by atoms with Crippen LogP contribution in [0.4, 0.5) is 5.69 Å². The average Bonchev–Trinajstić information content (AvgIpc) is 3.69. The van der Waals surface area contributed by atoms with Crippen LogP contribution in [0.25, 0.3) is 10.9 Å². The molecule has 1 amide bonds. The molecule has 1 saturated carbocycles. The van der Waals surface area contributed by atoms with E-state index in [0.717, 1.165) is 25.9 Å². The van der Waals surface area contributed by atoms with E-state index in [0.29, 0.717) is 24.2 Å². The highest BCUT2D eigenvalue weighted by Crippen LogP contribution is 2.35. The van der Waals surface area contributed by atoms with Crippen LogP contribution in [0.15, 0.2) is 48.5 Å². The number of aryl methyl sites for hydroxylation is 2. The van der Waals surface area contributed by atoms with E-state index in [4.69, 9.17) is 5.10 Å². The summed E-state index contributed by atoms with van der Waals surface area (Å²) in [5, 5.41) is 13.3. The van der Waals surface area contributed by atoms with E-state index < -0.39 is 0 Å². The molecule has 0 spiro atoms. The summed E-state index contributed by atoms with van der Waals surface area (Å²) in [6, 6.07) is 17.9. The molecule has 8 heteroatoms. The number of piperazine rings is 1. The van der Waals surface area contributed by atoms with E-state index >= 15 is 0 Å². The summed E-state index contributed by atoms with van der Waals surface area (Å²) < 4.78 is 2.31. The number of H-pyrrole nitrogens is 1. The normalized spacial score (nSPS) is 18.5. The Hall–Kier alpha value is -3.68. The number of nitrogens with zero attached hydrogens (tertiary/aromatic N) is 6. The summed E-state index contributed by atoms with van der Waals surface area (Å²) in [5.74, 6) is 1.40. The van der Waals surface area contributed by atoms with E-state index in [9.17, 15) is 4.79 Å². The molecule has 3 heterocycles. The minimum absolute atomic E-state index is 0.0734. The highest BCUT2D eigenvalue weighted by Gasteiger charge is 2.32. The third-order valence-electron chi connectivity index (χ3n) is 8.22. The monoisotopic (exact) mass is 511 g/mol. The van der Waals surface area contributed by atoms with Gasteiger partial charge in [-0.3, -0.25) is 14.6 Å². The van der Waals surface area contributed by atoms with Crippen molar-refractivity contribution in [2.45, 2.75) is 70.9 Å². The summed E-state index contributed by atoms with van der Waals surface area (Å²) >= 11 is 0. The number of nitrogens with one attached hydrogen (secondary N) is 1. The van der Waals surface area contributed by atoms with Gasteiger partial charge >= 0.3 is 0 Å². The molecule has 1 atom stereocenters. The predicted octanol–water partition coefficient (Wildman–Crippen LogP) is 4.64. The quantitative estimate of drug-likeness (QED) is 0.391. The van der Waals surface area contributed by atoms with Crippen molar-refractivity contribution in [1.82, 2.24) is 29.9 Å². The number of anilines is 1. The molecule has 2 aromatic carbocycles. The van der Waals surface area contributed by atoms with Gasteiger partial charge in [-0.1, -0.05) is 50.1 Å². The molecule has 8 nitrogen and oxygen atoms in total. The van der Waals surface area contributed by atoms with Crippen molar-refractivity contribution in [2.75, 3.05) is 24.5 Å². The van der Waals surface area contributed by atoms with Crippen LogP contribution in [0.5, 0.6) is 0 Å². The predicted molar refractivity (Wildman–Crippen MR) is 149 cm³/mol. The zero-order valence-electron chi connectivity index (χ0n) is 22.4. The fourth-order valence-electron chi connectivity index (χ4n) is 6.27. The molecular formula is C30H37N7O. The van der Waals surface area contributed by atoms with Gasteiger partial charge in [0.05, 0.1) is 29.7 Å². The molecule has 2 fully saturated rings. The van der Waals surface area contributed by atoms with Crippen LogP contribution in [0.1, 0.15) is 61.6 Å². The first kappa shape index (κ1) is 24.6. The largest absolute Gasteiger partial charge is 0.368 e. The molecule has 38 heavy (non-hydrogen) atoms. The molecule has 1 aliphatic heterocycles. The Morgan fingerprint density at radius 2 is 1.89 bits per heavy atom. The third-order valence-corrected chi connectivity index (χ3v) is 8.22. The summed E-state index contributed by atoms with van der Waals surface area (Å²) in [6.07, 6.45) is 7.03. The minimum Gasteiger partial charge on any atom is -0.368 e. The van der Waals surface area contributed by atoms with Crippen molar-refractivity contribution in [3.05, 3.63) is 71.4 Å². The smallest absolute Gasteiger partial charge is 0.230 e. The molecular weight excluding hydrogens is 474 g/mol. The zero-order valence-corrected chi connectivity index (χ0v) is 22.4. The number of rotatable bonds is 7. The molecule has 1 saturated heterocycles. The van der Waals surface area contributed by atoms with Gasteiger partial charge in [-0.15, -0.1) is 0 Å². The lowest BCUT2D eigenvalue weighted by molar-refractivity contribution is -0.133. The van der Waals surface area contributed by atoms with Crippen molar-refractivity contribution in [3.8, 4) is 0 Å². The van der Waals surface area contributed by atoms with Gasteiger partial charge in [0.1, 0.15) is 11.6 Å². The van der Waals surface area contributed by atoms with Gasteiger partial charge in [-0.25, -0.2) is 4.98 Å². The molecule has 2 aliphatic rings. The van der Waals surface area contributed by atoms with E-state index in [2.05, 4.69) is 79.1 Å². The van der Waals surface area contributed by atoms with Crippen LogP contribution in [-0.4, -0.2) is 61.4 Å². The number of carbonyl (C=O) groups is 1. The van der Waals surface area contributed by atoms with Gasteiger partial charge in [0.25, 0.3) is 0 Å². The number of fused-ring (bicyclic) bond motifs is 1. The maximum atomic E-state index is 13.4. The Morgan fingerprint density at radius 1 is 1.08 bits per heavy atom. The number of hydrogen-bond donors (Lipinski definition) is 1. The second-order valence-electron chi connectivity index (χ2n) is 10.8. The van der Waals surface area contributed by atoms with Crippen LogP contribution in [0.3, 0.4) is 0 Å². The van der Waals surface area contributed by atoms with Crippen LogP contribution < -0.4 is 4.90 Å². The highest BCUT2D eigenvalue weighted by molar-refractivity contribution is 5.86. The van der Waals surface area contributed by atoms with E-state index in [-0.39, 0.29) is 18.4 Å². The summed E-state index contributed by atoms with van der Waals surface area (Å²) in [6.45, 7) is 6.30. The van der Waals surface area contributed by atoms with Crippen molar-refractivity contribution in [2.24, 2.45) is 0 Å².